The smallest absolute Gasteiger partial charge is 0.220 e. The van der Waals surface area contributed by atoms with Crippen LogP contribution in [0, 0.1) is 0 Å². The van der Waals surface area contributed by atoms with E-state index >= 15 is 0 Å². The first kappa shape index (κ1) is 17.0. The van der Waals surface area contributed by atoms with Gasteiger partial charge in [-0.25, -0.2) is 4.98 Å². The molecular weight excluding hydrogens is 338 g/mol. The van der Waals surface area contributed by atoms with E-state index in [2.05, 4.69) is 20.4 Å². The van der Waals surface area contributed by atoms with Gasteiger partial charge in [0.25, 0.3) is 0 Å². The quantitative estimate of drug-likeness (QED) is 0.531. The van der Waals surface area contributed by atoms with Gasteiger partial charge in [0.2, 0.25) is 5.91 Å². The second-order valence-electron chi connectivity index (χ2n) is 6.42. The van der Waals surface area contributed by atoms with Crippen molar-refractivity contribution in [3.05, 3.63) is 84.4 Å². The fraction of sp³-hybridized carbons (Fsp3) is 0.190. The molecule has 0 saturated carbocycles. The monoisotopic (exact) mass is 359 g/mol. The zero-order chi connectivity index (χ0) is 18.5. The van der Waals surface area contributed by atoms with Gasteiger partial charge >= 0.3 is 0 Å². The van der Waals surface area contributed by atoms with Gasteiger partial charge in [-0.05, 0) is 30.2 Å². The van der Waals surface area contributed by atoms with Gasteiger partial charge in [0.05, 0.1) is 11.0 Å². The third-order valence-electron chi connectivity index (χ3n) is 4.47. The van der Waals surface area contributed by atoms with Gasteiger partial charge in [0.15, 0.2) is 0 Å². The van der Waals surface area contributed by atoms with Crippen LogP contribution in [-0.2, 0) is 11.3 Å². The molecule has 0 fully saturated rings. The highest BCUT2D eigenvalue weighted by Crippen LogP contribution is 2.22. The van der Waals surface area contributed by atoms with Crippen LogP contribution in [0.25, 0.3) is 11.0 Å². The third kappa shape index (κ3) is 4.06. The summed E-state index contributed by atoms with van der Waals surface area (Å²) in [5, 5.41) is 7.29. The molecule has 0 unspecified atom stereocenters. The van der Waals surface area contributed by atoms with E-state index in [9.17, 15) is 4.79 Å². The number of benzene rings is 2. The van der Waals surface area contributed by atoms with E-state index < -0.39 is 0 Å². The topological polar surface area (TPSA) is 75.6 Å². The van der Waals surface area contributed by atoms with E-state index in [0.29, 0.717) is 6.42 Å². The molecular formula is C21H21N5O. The molecule has 27 heavy (non-hydrogen) atoms. The number of hydrogen-bond acceptors (Lipinski definition) is 3. The van der Waals surface area contributed by atoms with Crippen LogP contribution in [0.3, 0.4) is 0 Å². The number of imidazole rings is 1. The molecule has 6 heteroatoms. The van der Waals surface area contributed by atoms with Gasteiger partial charge in [0.1, 0.15) is 11.9 Å². The summed E-state index contributed by atoms with van der Waals surface area (Å²) >= 11 is 0. The van der Waals surface area contributed by atoms with Gasteiger partial charge in [-0.15, -0.1) is 0 Å². The lowest BCUT2D eigenvalue weighted by molar-refractivity contribution is -0.121. The normalized spacial score (nSPS) is 12.1. The molecule has 1 atom stereocenters. The van der Waals surface area contributed by atoms with Crippen molar-refractivity contribution in [2.75, 3.05) is 0 Å². The number of para-hydroxylation sites is 2. The van der Waals surface area contributed by atoms with Crippen molar-refractivity contribution < 1.29 is 4.79 Å². The molecule has 0 aliphatic rings. The average molecular weight is 359 g/mol. The number of aromatic nitrogens is 4. The first-order valence-electron chi connectivity index (χ1n) is 9.06. The summed E-state index contributed by atoms with van der Waals surface area (Å²) in [4.78, 5) is 20.6. The fourth-order valence-corrected chi connectivity index (χ4v) is 3.13. The minimum Gasteiger partial charge on any atom is -0.342 e. The molecule has 2 heterocycles. The summed E-state index contributed by atoms with van der Waals surface area (Å²) in [6.45, 7) is 0.723. The summed E-state index contributed by atoms with van der Waals surface area (Å²) in [7, 11) is 0. The Morgan fingerprint density at radius 1 is 1.07 bits per heavy atom. The molecule has 0 saturated heterocycles. The standard InChI is InChI=1S/C21H21N5O/c27-19(12-6-14-26-15-7-13-22-26)25-20(16-8-2-1-3-9-16)21-23-17-10-4-5-11-18(17)24-21/h1-5,7-11,13,15,20H,6,12,14H2,(H,23,24)(H,25,27)/t20-/m1/s1. The van der Waals surface area contributed by atoms with Crippen molar-refractivity contribution in [3.8, 4) is 0 Å². The lowest BCUT2D eigenvalue weighted by Crippen LogP contribution is -2.30. The third-order valence-corrected chi connectivity index (χ3v) is 4.47. The minimum absolute atomic E-state index is 0.00327. The molecule has 0 spiro atoms. The molecule has 2 aromatic heterocycles. The van der Waals surface area contributed by atoms with Crippen molar-refractivity contribution in [2.45, 2.75) is 25.4 Å². The summed E-state index contributed by atoms with van der Waals surface area (Å²) < 4.78 is 1.83. The largest absolute Gasteiger partial charge is 0.342 e. The second-order valence-corrected chi connectivity index (χ2v) is 6.42. The number of H-pyrrole nitrogens is 1. The summed E-state index contributed by atoms with van der Waals surface area (Å²) in [5.41, 5.74) is 2.85. The predicted molar refractivity (Wildman–Crippen MR) is 104 cm³/mol. The Bertz CT molecular complexity index is 974. The van der Waals surface area contributed by atoms with Crippen LogP contribution in [0.2, 0.25) is 0 Å². The number of carbonyl (C=O) groups is 1. The van der Waals surface area contributed by atoms with Gasteiger partial charge < -0.3 is 10.3 Å². The van der Waals surface area contributed by atoms with E-state index in [4.69, 9.17) is 0 Å². The average Bonchev–Trinajstić information content (AvgIpc) is 3.36. The number of aromatic amines is 1. The molecule has 6 nitrogen and oxygen atoms in total. The van der Waals surface area contributed by atoms with Crippen LogP contribution < -0.4 is 5.32 Å². The first-order valence-corrected chi connectivity index (χ1v) is 9.06. The fourth-order valence-electron chi connectivity index (χ4n) is 3.13. The Morgan fingerprint density at radius 3 is 2.67 bits per heavy atom. The van der Waals surface area contributed by atoms with E-state index in [-0.39, 0.29) is 11.9 Å². The van der Waals surface area contributed by atoms with Gasteiger partial charge in [0, 0.05) is 25.4 Å². The number of aryl methyl sites for hydroxylation is 1. The summed E-state index contributed by atoms with van der Waals surface area (Å²) in [6, 6.07) is 19.3. The molecule has 0 radical (unpaired) electrons. The number of nitrogens with one attached hydrogen (secondary N) is 2. The van der Waals surface area contributed by atoms with Crippen LogP contribution in [0.15, 0.2) is 73.1 Å². The van der Waals surface area contributed by atoms with E-state index in [1.54, 1.807) is 6.20 Å². The highest BCUT2D eigenvalue weighted by atomic mass is 16.1. The highest BCUT2D eigenvalue weighted by Gasteiger charge is 2.20. The van der Waals surface area contributed by atoms with Crippen molar-refractivity contribution in [1.82, 2.24) is 25.1 Å². The van der Waals surface area contributed by atoms with Crippen LogP contribution in [-0.4, -0.2) is 25.7 Å². The number of nitrogens with zero attached hydrogens (tertiary/aromatic N) is 3. The van der Waals surface area contributed by atoms with Crippen LogP contribution in [0.5, 0.6) is 0 Å². The molecule has 2 aromatic carbocycles. The van der Waals surface area contributed by atoms with Crippen molar-refractivity contribution in [3.63, 3.8) is 0 Å². The lowest BCUT2D eigenvalue weighted by Gasteiger charge is -2.17. The summed E-state index contributed by atoms with van der Waals surface area (Å²) in [6.07, 6.45) is 4.81. The second kappa shape index (κ2) is 7.86. The zero-order valence-corrected chi connectivity index (χ0v) is 14.9. The number of hydrogen-bond donors (Lipinski definition) is 2. The van der Waals surface area contributed by atoms with Crippen LogP contribution >= 0.6 is 0 Å². The van der Waals surface area contributed by atoms with E-state index in [1.165, 1.54) is 0 Å². The van der Waals surface area contributed by atoms with Crippen LogP contribution in [0.1, 0.15) is 30.3 Å². The van der Waals surface area contributed by atoms with Crippen LogP contribution in [0.4, 0.5) is 0 Å². The SMILES string of the molecule is O=C(CCCn1cccn1)N[C@H](c1ccccc1)c1nc2ccccc2[nH]1. The number of fused-ring (bicyclic) bond motifs is 1. The van der Waals surface area contributed by atoms with Crippen molar-refractivity contribution >= 4 is 16.9 Å². The molecule has 2 N–H and O–H groups in total. The molecule has 0 bridgehead atoms. The van der Waals surface area contributed by atoms with E-state index in [1.807, 2.05) is 71.5 Å². The Morgan fingerprint density at radius 2 is 1.89 bits per heavy atom. The maximum Gasteiger partial charge on any atom is 0.220 e. The Labute approximate surface area is 157 Å². The maximum atomic E-state index is 12.6. The molecule has 4 rings (SSSR count). The van der Waals surface area contributed by atoms with E-state index in [0.717, 1.165) is 35.4 Å². The maximum absolute atomic E-state index is 12.6. The molecule has 0 aliphatic heterocycles. The first-order chi connectivity index (χ1) is 13.3. The highest BCUT2D eigenvalue weighted by molar-refractivity contribution is 5.78. The molecule has 1 amide bonds. The van der Waals surface area contributed by atoms with Gasteiger partial charge in [-0.1, -0.05) is 42.5 Å². The molecule has 4 aromatic rings. The van der Waals surface area contributed by atoms with Crippen molar-refractivity contribution in [1.29, 1.82) is 0 Å². The lowest BCUT2D eigenvalue weighted by atomic mass is 10.1. The molecule has 0 aliphatic carbocycles. The number of rotatable bonds is 7. The Balaban J connectivity index is 1.50. The summed E-state index contributed by atoms with van der Waals surface area (Å²) in [5.74, 6) is 0.735. The predicted octanol–water partition coefficient (Wildman–Crippen LogP) is 3.45. The number of carbonyl (C=O) groups excluding carboxylic acids is 1. The zero-order valence-electron chi connectivity index (χ0n) is 14.9. The van der Waals surface area contributed by atoms with Crippen molar-refractivity contribution in [2.24, 2.45) is 0 Å². The molecule has 136 valence electrons. The Kier molecular flexibility index (Phi) is 4.96. The van der Waals surface area contributed by atoms with Gasteiger partial charge in [-0.3, -0.25) is 9.48 Å². The van der Waals surface area contributed by atoms with Gasteiger partial charge in [-0.2, -0.15) is 5.10 Å². The minimum atomic E-state index is -0.309. The number of amides is 1. The Hall–Kier alpha value is -3.41.